The van der Waals surface area contributed by atoms with Crippen LogP contribution in [0.2, 0.25) is 0 Å². The molecular formula is C16H36O16. The summed E-state index contributed by atoms with van der Waals surface area (Å²) in [4.78, 5) is 10.5. The van der Waals surface area contributed by atoms with E-state index in [1.807, 2.05) is 0 Å². The molecule has 0 saturated carbocycles. The molecule has 0 radical (unpaired) electrons. The first kappa shape index (κ1) is 35.7. The second-order valence-corrected chi connectivity index (χ2v) is 6.29. The zero-order valence-electron chi connectivity index (χ0n) is 17.1. The van der Waals surface area contributed by atoms with Gasteiger partial charge in [0.15, 0.2) is 5.78 Å². The molecular weight excluding hydrogens is 448 g/mol. The lowest BCUT2D eigenvalue weighted by Crippen LogP contribution is -2.44. The van der Waals surface area contributed by atoms with Crippen LogP contribution in [0.15, 0.2) is 0 Å². The van der Waals surface area contributed by atoms with E-state index in [2.05, 4.69) is 0 Å². The molecule has 0 amide bonds. The number of ketones is 1. The maximum atomic E-state index is 10.5. The Morgan fingerprint density at radius 3 is 0.844 bits per heavy atom. The van der Waals surface area contributed by atoms with Gasteiger partial charge in [0.05, 0.1) is 33.0 Å². The largest absolute Gasteiger partial charge is 0.394 e. The lowest BCUT2D eigenvalue weighted by Gasteiger charge is -2.19. The molecule has 0 aliphatic carbocycles. The van der Waals surface area contributed by atoms with Gasteiger partial charge in [-0.25, -0.2) is 0 Å². The minimum atomic E-state index is -1.86. The van der Waals surface area contributed by atoms with E-state index in [9.17, 15) is 4.79 Å². The Morgan fingerprint density at radius 1 is 0.438 bits per heavy atom. The molecule has 9 atom stereocenters. The number of aliphatic hydroxyl groups excluding tert-OH is 15. The highest BCUT2D eigenvalue weighted by atomic mass is 16.4. The van der Waals surface area contributed by atoms with Crippen LogP contribution in [0.4, 0.5) is 0 Å². The third kappa shape index (κ3) is 15.0. The molecule has 2 unspecified atom stereocenters. The van der Waals surface area contributed by atoms with Crippen LogP contribution in [0.1, 0.15) is 0 Å². The van der Waals surface area contributed by atoms with Crippen molar-refractivity contribution in [1.82, 2.24) is 0 Å². The maximum absolute atomic E-state index is 10.5. The summed E-state index contributed by atoms with van der Waals surface area (Å²) in [5, 5.41) is 128. The molecule has 16 heteroatoms. The lowest BCUT2D eigenvalue weighted by atomic mass is 10.1. The second-order valence-electron chi connectivity index (χ2n) is 6.29. The van der Waals surface area contributed by atoms with Gasteiger partial charge in [-0.05, 0) is 0 Å². The Labute approximate surface area is 182 Å². The normalized spacial score (nSPS) is 19.5. The first-order chi connectivity index (χ1) is 14.8. The average molecular weight is 484 g/mol. The van der Waals surface area contributed by atoms with Crippen LogP contribution in [0.3, 0.4) is 0 Å². The minimum absolute atomic E-state index is 0.641. The summed E-state index contributed by atoms with van der Waals surface area (Å²) < 4.78 is 0. The van der Waals surface area contributed by atoms with E-state index in [1.54, 1.807) is 0 Å². The number of Topliss-reactive ketones (excluding diaryl/α,β-unsaturated/α-hetero) is 1. The van der Waals surface area contributed by atoms with Gasteiger partial charge in [-0.15, -0.1) is 0 Å². The predicted octanol–water partition coefficient (Wildman–Crippen LogP) is -9.27. The number of carbonyl (C=O) groups excluding carboxylic acids is 1. The van der Waals surface area contributed by atoms with Crippen molar-refractivity contribution in [1.29, 1.82) is 0 Å². The van der Waals surface area contributed by atoms with E-state index < -0.39 is 100 Å². The van der Waals surface area contributed by atoms with Crippen molar-refractivity contribution in [3.63, 3.8) is 0 Å². The van der Waals surface area contributed by atoms with E-state index in [-0.39, 0.29) is 0 Å². The lowest BCUT2D eigenvalue weighted by molar-refractivity contribution is -0.142. The van der Waals surface area contributed by atoms with Crippen molar-refractivity contribution in [2.24, 2.45) is 0 Å². The van der Waals surface area contributed by atoms with Gasteiger partial charge >= 0.3 is 0 Å². The van der Waals surface area contributed by atoms with Crippen LogP contribution in [0.25, 0.3) is 0 Å². The van der Waals surface area contributed by atoms with Crippen LogP contribution >= 0.6 is 0 Å². The highest BCUT2D eigenvalue weighted by molar-refractivity contribution is 5.84. The van der Waals surface area contributed by atoms with E-state index in [4.69, 9.17) is 76.6 Å². The average Bonchev–Trinajstić information content (AvgIpc) is 2.84. The summed E-state index contributed by atoms with van der Waals surface area (Å²) in [6.45, 7) is -4.25. The Bertz CT molecular complexity index is 398. The Kier molecular flexibility index (Phi) is 23.0. The van der Waals surface area contributed by atoms with Gasteiger partial charge in [-0.3, -0.25) is 4.79 Å². The molecule has 0 aromatic rings. The minimum Gasteiger partial charge on any atom is -0.394 e. The first-order valence-electron chi connectivity index (χ1n) is 9.11. The molecule has 16 nitrogen and oxygen atoms in total. The smallest absolute Gasteiger partial charge is 0.189 e. The Morgan fingerprint density at radius 2 is 0.656 bits per heavy atom. The molecule has 0 heterocycles. The fourth-order valence-electron chi connectivity index (χ4n) is 1.55. The van der Waals surface area contributed by atoms with Crippen LogP contribution in [0.5, 0.6) is 0 Å². The number of carbonyl (C=O) groups is 1. The molecule has 196 valence electrons. The maximum Gasteiger partial charge on any atom is 0.189 e. The molecule has 0 spiro atoms. The van der Waals surface area contributed by atoms with Crippen LogP contribution < -0.4 is 0 Å². The topological polar surface area (TPSA) is 321 Å². The molecule has 0 saturated heterocycles. The monoisotopic (exact) mass is 484 g/mol. The molecule has 15 N–H and O–H groups in total. The first-order valence-corrected chi connectivity index (χ1v) is 9.11. The summed E-state index contributed by atoms with van der Waals surface area (Å²) in [6.07, 6.45) is -13.8. The third-order valence-corrected chi connectivity index (χ3v) is 3.72. The number of rotatable bonds is 13. The van der Waals surface area contributed by atoms with Crippen LogP contribution in [0, 0.1) is 0 Å². The van der Waals surface area contributed by atoms with Crippen molar-refractivity contribution in [2.75, 3.05) is 39.6 Å². The van der Waals surface area contributed by atoms with Gasteiger partial charge in [0.25, 0.3) is 0 Å². The van der Waals surface area contributed by atoms with Gasteiger partial charge in [-0.2, -0.15) is 0 Å². The molecule has 32 heavy (non-hydrogen) atoms. The third-order valence-electron chi connectivity index (χ3n) is 3.72. The van der Waals surface area contributed by atoms with Gasteiger partial charge in [0.1, 0.15) is 61.5 Å². The molecule has 0 aromatic carbocycles. The van der Waals surface area contributed by atoms with Gasteiger partial charge < -0.3 is 76.6 Å². The fraction of sp³-hybridized carbons (Fsp3) is 0.938. The zero-order chi connectivity index (χ0) is 26.0. The molecule has 0 aliphatic heterocycles. The molecule has 0 bridgehead atoms. The quantitative estimate of drug-likeness (QED) is 0.115. The van der Waals surface area contributed by atoms with Crippen LogP contribution in [-0.4, -0.2) is 177 Å². The Balaban J connectivity index is -0.000000397. The second kappa shape index (κ2) is 20.7. The van der Waals surface area contributed by atoms with E-state index in [0.717, 1.165) is 0 Å². The molecule has 0 aromatic heterocycles. The summed E-state index contributed by atoms with van der Waals surface area (Å²) >= 11 is 0. The van der Waals surface area contributed by atoms with Gasteiger partial charge in [-0.1, -0.05) is 0 Å². The van der Waals surface area contributed by atoms with Gasteiger partial charge in [0.2, 0.25) is 0 Å². The highest BCUT2D eigenvalue weighted by Crippen LogP contribution is 2.01. The van der Waals surface area contributed by atoms with Crippen molar-refractivity contribution >= 4 is 5.78 Å². The van der Waals surface area contributed by atoms with Crippen molar-refractivity contribution in [3.8, 4) is 0 Å². The number of hydrogen-bond acceptors (Lipinski definition) is 16. The van der Waals surface area contributed by atoms with E-state index in [0.29, 0.717) is 0 Å². The summed E-state index contributed by atoms with van der Waals surface area (Å²) in [5.74, 6) is -1.00. The van der Waals surface area contributed by atoms with Crippen molar-refractivity contribution < 1.29 is 81.4 Å². The van der Waals surface area contributed by atoms with E-state index >= 15 is 0 Å². The molecule has 0 fully saturated rings. The van der Waals surface area contributed by atoms with Crippen LogP contribution in [-0.2, 0) is 4.79 Å². The van der Waals surface area contributed by atoms with Gasteiger partial charge in [0, 0.05) is 0 Å². The van der Waals surface area contributed by atoms with E-state index in [1.165, 1.54) is 0 Å². The standard InChI is InChI=1S/C6H12O6.2C5H12O5/c7-1-3(9)5(11)6(12)4(10)2-8;2*6-1-3(8)5(10)4(9)2-7/h3,5-9,11-12H,1-2H2;2*3-10H,1-2H2/t3-,5+,6+;2*3-,4+,5?/m1../s1. The van der Waals surface area contributed by atoms with Crippen molar-refractivity contribution in [2.45, 2.75) is 54.9 Å². The number of hydrogen-bond donors (Lipinski definition) is 15. The SMILES string of the molecule is O=C(CO)[C@H](O)[C@@H](O)[C@H](O)CO.OC[C@@H](O)C(O)[C@@H](O)CO.OC[C@@H](O)C(O)[C@@H](O)CO. The molecule has 0 rings (SSSR count). The molecule has 0 aliphatic rings. The highest BCUT2D eigenvalue weighted by Gasteiger charge is 2.29. The van der Waals surface area contributed by atoms with Crippen molar-refractivity contribution in [3.05, 3.63) is 0 Å². The zero-order valence-corrected chi connectivity index (χ0v) is 17.1. The number of aliphatic hydroxyl groups is 15. The Hall–Kier alpha value is -0.930. The summed E-state index contributed by atoms with van der Waals surface area (Å²) in [6, 6.07) is 0. The fourth-order valence-corrected chi connectivity index (χ4v) is 1.55. The summed E-state index contributed by atoms with van der Waals surface area (Å²) in [5.41, 5.74) is 0. The summed E-state index contributed by atoms with van der Waals surface area (Å²) in [7, 11) is 0. The predicted molar refractivity (Wildman–Crippen MR) is 102 cm³/mol.